The molecule has 0 bridgehead atoms. The minimum absolute atomic E-state index is 0.0697. The quantitative estimate of drug-likeness (QED) is 0.670. The zero-order valence-corrected chi connectivity index (χ0v) is 13.9. The van der Waals surface area contributed by atoms with Crippen LogP contribution in [0.2, 0.25) is 0 Å². The van der Waals surface area contributed by atoms with E-state index in [9.17, 15) is 4.79 Å². The highest BCUT2D eigenvalue weighted by atomic mass is 16.5. The lowest BCUT2D eigenvalue weighted by molar-refractivity contribution is 0.0657. The average Bonchev–Trinajstić information content (AvgIpc) is 3.27. The Balaban J connectivity index is 1.52. The molecule has 0 atom stereocenters. The van der Waals surface area contributed by atoms with Gasteiger partial charge in [0.15, 0.2) is 17.5 Å². The topological polar surface area (TPSA) is 87.1 Å². The molecule has 1 saturated heterocycles. The number of piperazine rings is 1. The zero-order valence-electron chi connectivity index (χ0n) is 13.9. The molecule has 0 aliphatic carbocycles. The second-order valence-electron chi connectivity index (χ2n) is 5.59. The zero-order chi connectivity index (χ0) is 16.9. The summed E-state index contributed by atoms with van der Waals surface area (Å²) in [5.41, 5.74) is 0.854. The van der Waals surface area contributed by atoms with E-state index >= 15 is 0 Å². The van der Waals surface area contributed by atoms with Crippen molar-refractivity contribution in [2.75, 3.05) is 33.2 Å². The smallest absolute Gasteiger partial charge is 0.289 e. The number of guanidine groups is 1. The monoisotopic (exact) mass is 331 g/mol. The molecule has 1 fully saturated rings. The van der Waals surface area contributed by atoms with Crippen molar-refractivity contribution in [1.29, 1.82) is 0 Å². The summed E-state index contributed by atoms with van der Waals surface area (Å²) >= 11 is 0. The van der Waals surface area contributed by atoms with Crippen LogP contribution in [0.25, 0.3) is 0 Å². The van der Waals surface area contributed by atoms with Gasteiger partial charge in [-0.05, 0) is 19.1 Å². The standard InChI is InChI=1S/C16H21N5O3/c1-12-10-13(24-19-12)11-18-16(17-2)21-7-5-20(6-8-21)15(22)14-4-3-9-23-14/h3-4,9-10H,5-8,11H2,1-2H3,(H,17,18). The lowest BCUT2D eigenvalue weighted by Crippen LogP contribution is -2.53. The van der Waals surface area contributed by atoms with Crippen LogP contribution in [0.15, 0.2) is 38.4 Å². The predicted octanol–water partition coefficient (Wildman–Crippen LogP) is 1.11. The van der Waals surface area contributed by atoms with E-state index in [1.807, 2.05) is 13.0 Å². The van der Waals surface area contributed by atoms with Gasteiger partial charge in [-0.1, -0.05) is 5.16 Å². The number of hydrogen-bond donors (Lipinski definition) is 1. The van der Waals surface area contributed by atoms with Crippen LogP contribution in [0.1, 0.15) is 22.0 Å². The molecule has 0 unspecified atom stereocenters. The molecule has 3 rings (SSSR count). The van der Waals surface area contributed by atoms with Crippen molar-refractivity contribution in [3.05, 3.63) is 41.7 Å². The van der Waals surface area contributed by atoms with Crippen molar-refractivity contribution < 1.29 is 13.7 Å². The van der Waals surface area contributed by atoms with Gasteiger partial charge in [0.05, 0.1) is 18.5 Å². The fourth-order valence-corrected chi connectivity index (χ4v) is 2.68. The molecule has 24 heavy (non-hydrogen) atoms. The minimum Gasteiger partial charge on any atom is -0.459 e. The number of carbonyl (C=O) groups excluding carboxylic acids is 1. The third-order valence-corrected chi connectivity index (χ3v) is 3.91. The van der Waals surface area contributed by atoms with Gasteiger partial charge in [-0.3, -0.25) is 9.79 Å². The van der Waals surface area contributed by atoms with E-state index in [2.05, 4.69) is 20.4 Å². The Hall–Kier alpha value is -2.77. The van der Waals surface area contributed by atoms with Gasteiger partial charge < -0.3 is 24.1 Å². The number of aryl methyl sites for hydroxylation is 1. The SMILES string of the molecule is CN=C(NCc1cc(C)no1)N1CCN(C(=O)c2ccco2)CC1. The average molecular weight is 331 g/mol. The van der Waals surface area contributed by atoms with Crippen molar-refractivity contribution >= 4 is 11.9 Å². The molecule has 8 nitrogen and oxygen atoms in total. The first-order chi connectivity index (χ1) is 11.7. The van der Waals surface area contributed by atoms with Gasteiger partial charge in [0.25, 0.3) is 5.91 Å². The Morgan fingerprint density at radius 3 is 2.67 bits per heavy atom. The van der Waals surface area contributed by atoms with Gasteiger partial charge in [-0.2, -0.15) is 0 Å². The molecule has 128 valence electrons. The van der Waals surface area contributed by atoms with Gasteiger partial charge in [0, 0.05) is 39.3 Å². The highest BCUT2D eigenvalue weighted by molar-refractivity contribution is 5.91. The van der Waals surface area contributed by atoms with Crippen molar-refractivity contribution in [2.24, 2.45) is 4.99 Å². The van der Waals surface area contributed by atoms with Crippen LogP contribution < -0.4 is 5.32 Å². The summed E-state index contributed by atoms with van der Waals surface area (Å²) in [5, 5.41) is 7.13. The maximum absolute atomic E-state index is 12.3. The van der Waals surface area contributed by atoms with Crippen molar-refractivity contribution in [1.82, 2.24) is 20.3 Å². The molecule has 0 radical (unpaired) electrons. The Labute approximate surface area is 140 Å². The van der Waals surface area contributed by atoms with Gasteiger partial charge in [-0.25, -0.2) is 0 Å². The van der Waals surface area contributed by atoms with Crippen LogP contribution in [0.3, 0.4) is 0 Å². The predicted molar refractivity (Wildman–Crippen MR) is 87.6 cm³/mol. The number of furan rings is 1. The van der Waals surface area contributed by atoms with Crippen LogP contribution >= 0.6 is 0 Å². The molecule has 1 aliphatic heterocycles. The first-order valence-corrected chi connectivity index (χ1v) is 7.88. The second-order valence-corrected chi connectivity index (χ2v) is 5.59. The van der Waals surface area contributed by atoms with E-state index in [1.165, 1.54) is 6.26 Å². The number of nitrogens with one attached hydrogen (secondary N) is 1. The van der Waals surface area contributed by atoms with E-state index in [0.29, 0.717) is 38.5 Å². The molecule has 2 aromatic heterocycles. The highest BCUT2D eigenvalue weighted by Crippen LogP contribution is 2.10. The first-order valence-electron chi connectivity index (χ1n) is 7.88. The largest absolute Gasteiger partial charge is 0.459 e. The summed E-state index contributed by atoms with van der Waals surface area (Å²) in [4.78, 5) is 20.5. The third kappa shape index (κ3) is 3.58. The van der Waals surface area contributed by atoms with Crippen LogP contribution in [-0.4, -0.2) is 60.0 Å². The van der Waals surface area contributed by atoms with Crippen LogP contribution in [0.5, 0.6) is 0 Å². The summed E-state index contributed by atoms with van der Waals surface area (Å²) in [5.74, 6) is 1.86. The lowest BCUT2D eigenvalue weighted by atomic mass is 10.3. The number of hydrogen-bond acceptors (Lipinski definition) is 5. The van der Waals surface area contributed by atoms with E-state index in [0.717, 1.165) is 17.4 Å². The summed E-state index contributed by atoms with van der Waals surface area (Å²) < 4.78 is 10.4. The van der Waals surface area contributed by atoms with Crippen LogP contribution in [-0.2, 0) is 6.54 Å². The summed E-state index contributed by atoms with van der Waals surface area (Å²) in [6.07, 6.45) is 1.51. The second kappa shape index (κ2) is 7.20. The lowest BCUT2D eigenvalue weighted by Gasteiger charge is -2.36. The maximum Gasteiger partial charge on any atom is 0.289 e. The van der Waals surface area contributed by atoms with Gasteiger partial charge >= 0.3 is 0 Å². The maximum atomic E-state index is 12.3. The normalized spacial score (nSPS) is 15.7. The van der Waals surface area contributed by atoms with Gasteiger partial charge in [0.1, 0.15) is 0 Å². The third-order valence-electron chi connectivity index (χ3n) is 3.91. The number of aliphatic imine (C=N–C) groups is 1. The minimum atomic E-state index is -0.0697. The molecule has 3 heterocycles. The van der Waals surface area contributed by atoms with E-state index in [1.54, 1.807) is 24.1 Å². The number of carbonyl (C=O) groups is 1. The summed E-state index contributed by atoms with van der Waals surface area (Å²) in [7, 11) is 1.74. The van der Waals surface area contributed by atoms with Crippen molar-refractivity contribution in [2.45, 2.75) is 13.5 Å². The highest BCUT2D eigenvalue weighted by Gasteiger charge is 2.25. The Morgan fingerprint density at radius 2 is 2.08 bits per heavy atom. The number of amides is 1. The summed E-state index contributed by atoms with van der Waals surface area (Å²) in [6.45, 7) is 5.09. The van der Waals surface area contributed by atoms with Crippen molar-refractivity contribution in [3.8, 4) is 0 Å². The molecule has 0 aromatic carbocycles. The van der Waals surface area contributed by atoms with Gasteiger partial charge in [-0.15, -0.1) is 0 Å². The molecular formula is C16H21N5O3. The molecular weight excluding hydrogens is 310 g/mol. The number of aromatic nitrogens is 1. The molecule has 0 saturated carbocycles. The van der Waals surface area contributed by atoms with E-state index in [-0.39, 0.29) is 5.91 Å². The molecule has 1 amide bonds. The molecule has 1 N–H and O–H groups in total. The fourth-order valence-electron chi connectivity index (χ4n) is 2.68. The van der Waals surface area contributed by atoms with Crippen molar-refractivity contribution in [3.63, 3.8) is 0 Å². The molecule has 1 aliphatic rings. The number of rotatable bonds is 3. The van der Waals surface area contributed by atoms with Crippen LogP contribution in [0.4, 0.5) is 0 Å². The first kappa shape index (κ1) is 16.1. The van der Waals surface area contributed by atoms with Gasteiger partial charge in [0.2, 0.25) is 0 Å². The Kier molecular flexibility index (Phi) is 4.83. The fraction of sp³-hybridized carbons (Fsp3) is 0.438. The van der Waals surface area contributed by atoms with E-state index < -0.39 is 0 Å². The van der Waals surface area contributed by atoms with E-state index in [4.69, 9.17) is 8.94 Å². The Morgan fingerprint density at radius 1 is 1.33 bits per heavy atom. The van der Waals surface area contributed by atoms with Crippen LogP contribution in [0, 0.1) is 6.92 Å². The molecule has 0 spiro atoms. The molecule has 8 heteroatoms. The summed E-state index contributed by atoms with van der Waals surface area (Å²) in [6, 6.07) is 5.30. The Bertz CT molecular complexity index is 699. The molecule has 2 aromatic rings. The number of nitrogens with zero attached hydrogens (tertiary/aromatic N) is 4.